The molecule has 3 N–H and O–H groups in total. The second-order valence-corrected chi connectivity index (χ2v) is 13.1. The molecule has 0 fully saturated rings. The molecule has 230 valence electrons. The van der Waals surface area contributed by atoms with E-state index in [4.69, 9.17) is 4.74 Å². The van der Waals surface area contributed by atoms with Crippen molar-refractivity contribution < 1.29 is 27.9 Å². The molecule has 1 aliphatic rings. The van der Waals surface area contributed by atoms with E-state index in [1.807, 2.05) is 49.4 Å². The van der Waals surface area contributed by atoms with Crippen LogP contribution in [0.3, 0.4) is 0 Å². The first-order valence-corrected chi connectivity index (χ1v) is 15.8. The van der Waals surface area contributed by atoms with Gasteiger partial charge in [0.1, 0.15) is 11.9 Å². The molecule has 0 radical (unpaired) electrons. The molecule has 0 saturated heterocycles. The number of aliphatic hydroxyl groups is 1. The molecule has 0 unspecified atom stereocenters. The summed E-state index contributed by atoms with van der Waals surface area (Å²) in [6.07, 6.45) is -0.618. The summed E-state index contributed by atoms with van der Waals surface area (Å²) in [6, 6.07) is 25.3. The molecule has 1 heterocycles. The van der Waals surface area contributed by atoms with Gasteiger partial charge < -0.3 is 25.4 Å². The lowest BCUT2D eigenvalue weighted by molar-refractivity contribution is 0.0387. The van der Waals surface area contributed by atoms with Gasteiger partial charge in [0.2, 0.25) is 10.0 Å². The summed E-state index contributed by atoms with van der Waals surface area (Å²) in [5, 5.41) is 17.5. The fourth-order valence-electron chi connectivity index (χ4n) is 5.26. The quantitative estimate of drug-likeness (QED) is 0.255. The molecule has 10 nitrogen and oxygen atoms in total. The van der Waals surface area contributed by atoms with Crippen LogP contribution in [-0.4, -0.2) is 73.6 Å². The topological polar surface area (TPSA) is 128 Å². The number of carbonyl (C=O) groups is 2. The Morgan fingerprint density at radius 1 is 1.02 bits per heavy atom. The number of fused-ring (bicyclic) bond motifs is 2. The van der Waals surface area contributed by atoms with E-state index in [1.54, 1.807) is 42.2 Å². The standard InChI is InChI=1S/C33H36N4O6S/c1-22-19-37(23(2)21-38)32(39)28-18-25(34-33(40)35-29-15-9-11-24-10-7-8-14-27(24)29)16-17-30(28)43-31(22)20-36(3)44(41,42)26-12-5-4-6-13-26/h4-18,22-23,31,38H,19-21H2,1-3H3,(H2,34,35,40)/t22-,23-,31+/m1/s1. The van der Waals surface area contributed by atoms with Crippen molar-refractivity contribution in [1.82, 2.24) is 9.21 Å². The van der Waals surface area contributed by atoms with E-state index < -0.39 is 28.2 Å². The van der Waals surface area contributed by atoms with Gasteiger partial charge in [-0.05, 0) is 48.7 Å². The van der Waals surface area contributed by atoms with Crippen LogP contribution in [-0.2, 0) is 10.0 Å². The summed E-state index contributed by atoms with van der Waals surface area (Å²) >= 11 is 0. The molecular weight excluding hydrogens is 580 g/mol. The molecule has 0 bridgehead atoms. The normalized spacial score (nSPS) is 17.8. The number of hydrogen-bond acceptors (Lipinski definition) is 6. The summed E-state index contributed by atoms with van der Waals surface area (Å²) in [6.45, 7) is 3.63. The molecule has 44 heavy (non-hydrogen) atoms. The number of rotatable bonds is 8. The number of carbonyl (C=O) groups excluding carboxylic acids is 2. The van der Waals surface area contributed by atoms with E-state index in [0.29, 0.717) is 11.4 Å². The zero-order chi connectivity index (χ0) is 31.4. The predicted molar refractivity (Wildman–Crippen MR) is 170 cm³/mol. The van der Waals surface area contributed by atoms with Gasteiger partial charge in [-0.15, -0.1) is 0 Å². The highest BCUT2D eigenvalue weighted by molar-refractivity contribution is 7.89. The van der Waals surface area contributed by atoms with Gasteiger partial charge >= 0.3 is 6.03 Å². The third kappa shape index (κ3) is 6.54. The van der Waals surface area contributed by atoms with Gasteiger partial charge in [0.15, 0.2) is 0 Å². The van der Waals surface area contributed by atoms with E-state index in [-0.39, 0.29) is 47.7 Å². The van der Waals surface area contributed by atoms with Crippen molar-refractivity contribution in [3.8, 4) is 5.75 Å². The van der Waals surface area contributed by atoms with Crippen molar-refractivity contribution >= 4 is 44.1 Å². The lowest BCUT2D eigenvalue weighted by Gasteiger charge is -2.38. The summed E-state index contributed by atoms with van der Waals surface area (Å²) in [4.78, 5) is 28.5. The van der Waals surface area contributed by atoms with Gasteiger partial charge in [-0.3, -0.25) is 4.79 Å². The summed E-state index contributed by atoms with van der Waals surface area (Å²) < 4.78 is 34.1. The van der Waals surface area contributed by atoms with Gasteiger partial charge in [-0.1, -0.05) is 61.5 Å². The average molecular weight is 617 g/mol. The molecule has 0 saturated carbocycles. The number of sulfonamides is 1. The van der Waals surface area contributed by atoms with E-state index in [0.717, 1.165) is 10.8 Å². The SMILES string of the molecule is C[C@@H]1CN([C@H](C)CO)C(=O)c2cc(NC(=O)Nc3cccc4ccccc34)ccc2O[C@H]1CN(C)S(=O)(=O)c1ccccc1. The maximum absolute atomic E-state index is 13.8. The number of urea groups is 1. The highest BCUT2D eigenvalue weighted by Gasteiger charge is 2.35. The maximum Gasteiger partial charge on any atom is 0.323 e. The van der Waals surface area contributed by atoms with Gasteiger partial charge in [-0.2, -0.15) is 4.31 Å². The van der Waals surface area contributed by atoms with Gasteiger partial charge in [-0.25, -0.2) is 13.2 Å². The number of hydrogen-bond donors (Lipinski definition) is 3. The number of likely N-dealkylation sites (N-methyl/N-ethyl adjacent to an activating group) is 1. The van der Waals surface area contributed by atoms with Crippen LogP contribution in [0.15, 0.2) is 95.9 Å². The smallest absolute Gasteiger partial charge is 0.323 e. The van der Waals surface area contributed by atoms with E-state index in [9.17, 15) is 23.1 Å². The predicted octanol–water partition coefficient (Wildman–Crippen LogP) is 5.02. The fraction of sp³-hybridized carbons (Fsp3) is 0.273. The lowest BCUT2D eigenvalue weighted by Crippen LogP contribution is -2.50. The zero-order valence-electron chi connectivity index (χ0n) is 24.8. The van der Waals surface area contributed by atoms with Gasteiger partial charge in [0.05, 0.1) is 35.3 Å². The summed E-state index contributed by atoms with van der Waals surface area (Å²) in [7, 11) is -2.29. The molecule has 3 amide bonds. The number of ether oxygens (including phenoxy) is 1. The van der Waals surface area contributed by atoms with Crippen LogP contribution in [0.25, 0.3) is 10.8 Å². The number of anilines is 2. The molecule has 3 atom stereocenters. The largest absolute Gasteiger partial charge is 0.488 e. The molecular formula is C33H36N4O6S. The van der Waals surface area contributed by atoms with Crippen molar-refractivity contribution in [2.24, 2.45) is 5.92 Å². The molecule has 11 heteroatoms. The van der Waals surface area contributed by atoms with Crippen LogP contribution in [0, 0.1) is 5.92 Å². The number of nitrogens with zero attached hydrogens (tertiary/aromatic N) is 2. The van der Waals surface area contributed by atoms with Crippen LogP contribution in [0.5, 0.6) is 5.75 Å². The van der Waals surface area contributed by atoms with Crippen LogP contribution in [0.1, 0.15) is 24.2 Å². The first-order chi connectivity index (χ1) is 21.1. The molecule has 0 aliphatic carbocycles. The Balaban J connectivity index is 1.41. The fourth-order valence-corrected chi connectivity index (χ4v) is 6.47. The maximum atomic E-state index is 13.8. The third-order valence-electron chi connectivity index (χ3n) is 7.85. The molecule has 1 aliphatic heterocycles. The van der Waals surface area contributed by atoms with Crippen LogP contribution in [0.4, 0.5) is 16.2 Å². The highest BCUT2D eigenvalue weighted by Crippen LogP contribution is 2.31. The lowest BCUT2D eigenvalue weighted by atomic mass is 9.99. The minimum absolute atomic E-state index is 0.0286. The molecule has 0 aromatic heterocycles. The third-order valence-corrected chi connectivity index (χ3v) is 9.69. The molecule has 5 rings (SSSR count). The monoisotopic (exact) mass is 616 g/mol. The molecule has 0 spiro atoms. The van der Waals surface area contributed by atoms with Gasteiger partial charge in [0.25, 0.3) is 5.91 Å². The van der Waals surface area contributed by atoms with E-state index in [2.05, 4.69) is 10.6 Å². The van der Waals surface area contributed by atoms with Gasteiger partial charge in [0, 0.05) is 30.6 Å². The van der Waals surface area contributed by atoms with Crippen molar-refractivity contribution in [2.45, 2.75) is 30.9 Å². The molecule has 4 aromatic carbocycles. The number of benzene rings is 4. The van der Waals surface area contributed by atoms with Crippen LogP contribution >= 0.6 is 0 Å². The highest BCUT2D eigenvalue weighted by atomic mass is 32.2. The van der Waals surface area contributed by atoms with Crippen molar-refractivity contribution in [3.05, 3.63) is 96.6 Å². The molecule has 4 aromatic rings. The number of nitrogens with one attached hydrogen (secondary N) is 2. The minimum Gasteiger partial charge on any atom is -0.488 e. The Labute approximate surface area is 257 Å². The number of amides is 3. The average Bonchev–Trinajstić information content (AvgIpc) is 3.03. The minimum atomic E-state index is -3.79. The zero-order valence-corrected chi connectivity index (χ0v) is 25.6. The first-order valence-electron chi connectivity index (χ1n) is 14.4. The Bertz CT molecular complexity index is 1760. The van der Waals surface area contributed by atoms with Crippen molar-refractivity contribution in [3.63, 3.8) is 0 Å². The second kappa shape index (κ2) is 13.0. The first kappa shape index (κ1) is 31.0. The van der Waals surface area contributed by atoms with Crippen molar-refractivity contribution in [1.29, 1.82) is 0 Å². The van der Waals surface area contributed by atoms with Crippen LogP contribution < -0.4 is 15.4 Å². The summed E-state index contributed by atoms with van der Waals surface area (Å²) in [5.41, 5.74) is 1.20. The number of aliphatic hydroxyl groups excluding tert-OH is 1. The second-order valence-electron chi connectivity index (χ2n) is 11.0. The Morgan fingerprint density at radius 2 is 1.73 bits per heavy atom. The summed E-state index contributed by atoms with van der Waals surface area (Å²) in [5.74, 6) is -0.388. The van der Waals surface area contributed by atoms with Crippen molar-refractivity contribution in [2.75, 3.05) is 37.4 Å². The Kier molecular flexibility index (Phi) is 9.19. The Hall–Kier alpha value is -4.45. The van der Waals surface area contributed by atoms with Crippen LogP contribution in [0.2, 0.25) is 0 Å². The van der Waals surface area contributed by atoms with E-state index in [1.165, 1.54) is 29.6 Å². The Morgan fingerprint density at radius 3 is 2.48 bits per heavy atom. The van der Waals surface area contributed by atoms with E-state index >= 15 is 0 Å².